The van der Waals surface area contributed by atoms with Crippen LogP contribution in [0.4, 0.5) is 0 Å². The normalized spacial score (nSPS) is 58.6. The van der Waals surface area contributed by atoms with Crippen molar-refractivity contribution in [1.29, 1.82) is 0 Å². The minimum atomic E-state index is -0.351. The van der Waals surface area contributed by atoms with E-state index >= 15 is 0 Å². The number of esters is 1. The third-order valence-corrected chi connectivity index (χ3v) is 3.44. The second-order valence-corrected chi connectivity index (χ2v) is 3.89. The molecule has 0 aromatic rings. The van der Waals surface area contributed by atoms with Crippen LogP contribution in [-0.2, 0) is 9.53 Å². The molecule has 0 radical (unpaired) electrons. The maximum absolute atomic E-state index is 11.1. The van der Waals surface area contributed by atoms with Crippen LogP contribution >= 0.6 is 0 Å². The van der Waals surface area contributed by atoms with Crippen LogP contribution < -0.4 is 0 Å². The Bertz CT molecular complexity index is 221. The van der Waals surface area contributed by atoms with Gasteiger partial charge in [0.05, 0.1) is 12.0 Å². The van der Waals surface area contributed by atoms with E-state index in [4.69, 9.17) is 4.74 Å². The lowest BCUT2D eigenvalue weighted by Gasteiger charge is -2.37. The minimum Gasteiger partial charge on any atom is -0.459 e. The second-order valence-electron chi connectivity index (χ2n) is 3.89. The summed E-state index contributed by atoms with van der Waals surface area (Å²) in [6, 6.07) is 0. The summed E-state index contributed by atoms with van der Waals surface area (Å²) in [7, 11) is 0. The van der Waals surface area contributed by atoms with Gasteiger partial charge in [-0.1, -0.05) is 0 Å². The van der Waals surface area contributed by atoms with Gasteiger partial charge in [0.15, 0.2) is 0 Å². The number of fused-ring (bicyclic) bond motifs is 1. The fourth-order valence-electron chi connectivity index (χ4n) is 2.94. The molecule has 60 valence electrons. The average molecular weight is 154 g/mol. The molecule has 3 heteroatoms. The molecule has 4 bridgehead atoms. The first kappa shape index (κ1) is 6.00. The maximum atomic E-state index is 11.1. The molecule has 3 nitrogen and oxygen atoms in total. The first-order chi connectivity index (χ1) is 5.27. The monoisotopic (exact) mass is 154 g/mol. The number of carbonyl (C=O) groups excluding carboxylic acids is 1. The summed E-state index contributed by atoms with van der Waals surface area (Å²) < 4.78 is 5.06. The van der Waals surface area contributed by atoms with E-state index < -0.39 is 0 Å². The third kappa shape index (κ3) is 0.527. The Kier molecular flexibility index (Phi) is 0.876. The summed E-state index contributed by atoms with van der Waals surface area (Å²) in [5, 5.41) is 9.55. The van der Waals surface area contributed by atoms with Crippen molar-refractivity contribution in [2.75, 3.05) is 0 Å². The lowest BCUT2D eigenvalue weighted by Crippen LogP contribution is -2.49. The van der Waals surface area contributed by atoms with Crippen LogP contribution in [0.2, 0.25) is 0 Å². The molecule has 1 N–H and O–H groups in total. The molecule has 0 spiro atoms. The van der Waals surface area contributed by atoms with E-state index in [2.05, 4.69) is 0 Å². The van der Waals surface area contributed by atoms with E-state index in [1.54, 1.807) is 0 Å². The fourth-order valence-corrected chi connectivity index (χ4v) is 2.94. The van der Waals surface area contributed by atoms with Gasteiger partial charge in [0.1, 0.15) is 6.10 Å². The summed E-state index contributed by atoms with van der Waals surface area (Å²) >= 11 is 0. The molecule has 0 aromatic carbocycles. The van der Waals surface area contributed by atoms with Crippen molar-refractivity contribution < 1.29 is 14.6 Å². The van der Waals surface area contributed by atoms with E-state index in [9.17, 15) is 9.90 Å². The lowest BCUT2D eigenvalue weighted by molar-refractivity contribution is -0.185. The zero-order chi connectivity index (χ0) is 7.59. The quantitative estimate of drug-likeness (QED) is 0.497. The largest absolute Gasteiger partial charge is 0.459 e. The van der Waals surface area contributed by atoms with Crippen LogP contribution in [0.3, 0.4) is 0 Å². The van der Waals surface area contributed by atoms with Crippen molar-refractivity contribution >= 4 is 5.97 Å². The molecule has 2 saturated carbocycles. The van der Waals surface area contributed by atoms with E-state index in [-0.39, 0.29) is 30.0 Å². The summed E-state index contributed by atoms with van der Waals surface area (Å²) in [5.41, 5.74) is 0. The molecule has 0 aromatic heterocycles. The van der Waals surface area contributed by atoms with Crippen LogP contribution in [0.25, 0.3) is 0 Å². The smallest absolute Gasteiger partial charge is 0.309 e. The number of carbonyl (C=O) groups is 1. The van der Waals surface area contributed by atoms with E-state index in [1.165, 1.54) is 0 Å². The Morgan fingerprint density at radius 2 is 2.27 bits per heavy atom. The highest BCUT2D eigenvalue weighted by Crippen LogP contribution is 2.54. The standard InChI is InChI=1S/C8H10O3/c9-6-4-1-3-2-5(4)8(10)11-7(3)6/h3-7,9H,1-2H2. The van der Waals surface area contributed by atoms with Crippen molar-refractivity contribution in [2.24, 2.45) is 17.8 Å². The molecule has 4 fully saturated rings. The molecule has 2 heterocycles. The van der Waals surface area contributed by atoms with Gasteiger partial charge in [-0.05, 0) is 18.8 Å². The van der Waals surface area contributed by atoms with Gasteiger partial charge in [-0.15, -0.1) is 0 Å². The SMILES string of the molecule is O=C1OC2C3CC1C(C3)C2O. The van der Waals surface area contributed by atoms with Gasteiger partial charge in [-0.2, -0.15) is 0 Å². The van der Waals surface area contributed by atoms with Gasteiger partial charge in [-0.3, -0.25) is 4.79 Å². The average Bonchev–Trinajstić information content (AvgIpc) is 2.47. The van der Waals surface area contributed by atoms with Crippen molar-refractivity contribution in [1.82, 2.24) is 0 Å². The number of rotatable bonds is 0. The molecule has 4 rings (SSSR count). The zero-order valence-electron chi connectivity index (χ0n) is 6.06. The Morgan fingerprint density at radius 1 is 1.45 bits per heavy atom. The second kappa shape index (κ2) is 1.61. The number of aliphatic hydroxyl groups excluding tert-OH is 1. The van der Waals surface area contributed by atoms with Crippen LogP contribution in [0, 0.1) is 17.8 Å². The van der Waals surface area contributed by atoms with Crippen LogP contribution in [0.5, 0.6) is 0 Å². The van der Waals surface area contributed by atoms with Crippen LogP contribution in [0.1, 0.15) is 12.8 Å². The fraction of sp³-hybridized carbons (Fsp3) is 0.875. The Hall–Kier alpha value is -0.570. The summed E-state index contributed by atoms with van der Waals surface area (Å²) in [4.78, 5) is 11.1. The topological polar surface area (TPSA) is 46.5 Å². The minimum absolute atomic E-state index is 0.0278. The molecule has 2 aliphatic heterocycles. The van der Waals surface area contributed by atoms with E-state index in [0.29, 0.717) is 5.92 Å². The van der Waals surface area contributed by atoms with Gasteiger partial charge in [0.25, 0.3) is 0 Å². The number of ether oxygens (including phenoxy) is 1. The Morgan fingerprint density at radius 3 is 2.82 bits per heavy atom. The van der Waals surface area contributed by atoms with Crippen molar-refractivity contribution in [2.45, 2.75) is 25.0 Å². The first-order valence-corrected chi connectivity index (χ1v) is 4.16. The highest BCUT2D eigenvalue weighted by Gasteiger charge is 2.60. The van der Waals surface area contributed by atoms with Crippen LogP contribution in [0.15, 0.2) is 0 Å². The predicted molar refractivity (Wildman–Crippen MR) is 35.6 cm³/mol. The van der Waals surface area contributed by atoms with Gasteiger partial charge in [-0.25, -0.2) is 0 Å². The van der Waals surface area contributed by atoms with Gasteiger partial charge >= 0.3 is 5.97 Å². The van der Waals surface area contributed by atoms with Gasteiger partial charge in [0, 0.05) is 5.92 Å². The number of aliphatic hydroxyl groups is 1. The Labute approximate surface area is 64.3 Å². The molecule has 5 atom stereocenters. The molecule has 2 aliphatic carbocycles. The number of hydrogen-bond donors (Lipinski definition) is 1. The van der Waals surface area contributed by atoms with Crippen LogP contribution in [-0.4, -0.2) is 23.3 Å². The Balaban J connectivity index is 2.04. The zero-order valence-corrected chi connectivity index (χ0v) is 6.06. The predicted octanol–water partition coefficient (Wildman–Crippen LogP) is -0.0713. The molecule has 0 amide bonds. The lowest BCUT2D eigenvalue weighted by atomic mass is 9.82. The summed E-state index contributed by atoms with van der Waals surface area (Å²) in [6.07, 6.45) is 1.46. The summed E-state index contributed by atoms with van der Waals surface area (Å²) in [5.74, 6) is 0.656. The van der Waals surface area contributed by atoms with Crippen molar-refractivity contribution in [3.63, 3.8) is 0 Å². The molecule has 11 heavy (non-hydrogen) atoms. The highest BCUT2D eigenvalue weighted by atomic mass is 16.6. The molecule has 2 saturated heterocycles. The van der Waals surface area contributed by atoms with Gasteiger partial charge < -0.3 is 9.84 Å². The molecular weight excluding hydrogens is 144 g/mol. The van der Waals surface area contributed by atoms with Crippen molar-refractivity contribution in [3.8, 4) is 0 Å². The number of hydrogen-bond acceptors (Lipinski definition) is 3. The van der Waals surface area contributed by atoms with E-state index in [0.717, 1.165) is 12.8 Å². The van der Waals surface area contributed by atoms with E-state index in [1.807, 2.05) is 0 Å². The highest BCUT2D eigenvalue weighted by molar-refractivity contribution is 5.76. The molecule has 5 unspecified atom stereocenters. The molecular formula is C8H10O3. The maximum Gasteiger partial charge on any atom is 0.309 e. The van der Waals surface area contributed by atoms with Crippen molar-refractivity contribution in [3.05, 3.63) is 0 Å². The third-order valence-electron chi connectivity index (χ3n) is 3.44. The summed E-state index contributed by atoms with van der Waals surface area (Å²) in [6.45, 7) is 0. The van der Waals surface area contributed by atoms with Gasteiger partial charge in [0.2, 0.25) is 0 Å². The molecule has 4 aliphatic rings. The first-order valence-electron chi connectivity index (χ1n) is 4.16.